The average molecular weight is 284 g/mol. The fourth-order valence-corrected chi connectivity index (χ4v) is 2.24. The molecule has 21 heavy (non-hydrogen) atoms. The van der Waals surface area contributed by atoms with Crippen molar-refractivity contribution in [1.29, 1.82) is 0 Å². The molecule has 0 radical (unpaired) electrons. The summed E-state index contributed by atoms with van der Waals surface area (Å²) in [6.07, 6.45) is 2.94. The van der Waals surface area contributed by atoms with Gasteiger partial charge in [-0.2, -0.15) is 0 Å². The zero-order valence-corrected chi connectivity index (χ0v) is 12.3. The number of benzene rings is 1. The highest BCUT2D eigenvalue weighted by molar-refractivity contribution is 5.80. The van der Waals surface area contributed by atoms with Gasteiger partial charge in [0.2, 0.25) is 0 Å². The molecule has 0 amide bonds. The van der Waals surface area contributed by atoms with Crippen molar-refractivity contribution >= 4 is 5.96 Å². The second-order valence-corrected chi connectivity index (χ2v) is 5.34. The van der Waals surface area contributed by atoms with Crippen molar-refractivity contribution in [3.63, 3.8) is 0 Å². The van der Waals surface area contributed by atoms with Gasteiger partial charge in [-0.3, -0.25) is 9.56 Å². The van der Waals surface area contributed by atoms with Gasteiger partial charge in [-0.15, -0.1) is 10.2 Å². The van der Waals surface area contributed by atoms with Gasteiger partial charge in [-0.25, -0.2) is 0 Å². The van der Waals surface area contributed by atoms with Crippen LogP contribution in [-0.4, -0.2) is 33.8 Å². The molecule has 0 bridgehead atoms. The summed E-state index contributed by atoms with van der Waals surface area (Å²) in [5.74, 6) is 2.40. The SMILES string of the molecule is CN=C(NCc1nncn1-c1ccccc1)NC1CC1C. The molecule has 1 heterocycles. The highest BCUT2D eigenvalue weighted by atomic mass is 15.3. The van der Waals surface area contributed by atoms with Gasteiger partial charge in [0.25, 0.3) is 0 Å². The maximum Gasteiger partial charge on any atom is 0.191 e. The molecule has 0 aliphatic heterocycles. The van der Waals surface area contributed by atoms with E-state index < -0.39 is 0 Å². The van der Waals surface area contributed by atoms with Gasteiger partial charge in [-0.1, -0.05) is 25.1 Å². The lowest BCUT2D eigenvalue weighted by Gasteiger charge is -2.12. The van der Waals surface area contributed by atoms with Crippen molar-refractivity contribution in [3.8, 4) is 5.69 Å². The first-order chi connectivity index (χ1) is 10.3. The van der Waals surface area contributed by atoms with Gasteiger partial charge in [0, 0.05) is 18.8 Å². The van der Waals surface area contributed by atoms with Crippen LogP contribution in [0.5, 0.6) is 0 Å². The highest BCUT2D eigenvalue weighted by Gasteiger charge is 2.33. The molecule has 6 nitrogen and oxygen atoms in total. The monoisotopic (exact) mass is 284 g/mol. The molecule has 6 heteroatoms. The number of nitrogens with zero attached hydrogens (tertiary/aromatic N) is 4. The van der Waals surface area contributed by atoms with Gasteiger partial charge in [0.15, 0.2) is 11.8 Å². The molecule has 3 rings (SSSR count). The van der Waals surface area contributed by atoms with E-state index in [2.05, 4.69) is 32.7 Å². The molecule has 1 aromatic heterocycles. The van der Waals surface area contributed by atoms with Crippen molar-refractivity contribution in [3.05, 3.63) is 42.5 Å². The first-order valence-electron chi connectivity index (χ1n) is 7.19. The number of rotatable bonds is 4. The molecule has 1 aromatic carbocycles. The van der Waals surface area contributed by atoms with E-state index >= 15 is 0 Å². The Labute approximate surface area is 124 Å². The molecule has 2 N–H and O–H groups in total. The van der Waals surface area contributed by atoms with E-state index in [1.165, 1.54) is 6.42 Å². The minimum absolute atomic E-state index is 0.545. The largest absolute Gasteiger partial charge is 0.353 e. The minimum atomic E-state index is 0.545. The van der Waals surface area contributed by atoms with Gasteiger partial charge < -0.3 is 10.6 Å². The summed E-state index contributed by atoms with van der Waals surface area (Å²) in [6.45, 7) is 2.81. The summed E-state index contributed by atoms with van der Waals surface area (Å²) < 4.78 is 1.97. The Morgan fingerprint density at radius 1 is 1.38 bits per heavy atom. The van der Waals surface area contributed by atoms with Crippen LogP contribution in [0.4, 0.5) is 0 Å². The molecule has 1 fully saturated rings. The lowest BCUT2D eigenvalue weighted by atomic mass is 10.3. The van der Waals surface area contributed by atoms with Crippen LogP contribution in [0.3, 0.4) is 0 Å². The quantitative estimate of drug-likeness (QED) is 0.657. The Hall–Kier alpha value is -2.37. The number of guanidine groups is 1. The number of aliphatic imine (C=N–C) groups is 1. The van der Waals surface area contributed by atoms with E-state index in [1.807, 2.05) is 34.9 Å². The number of hydrogen-bond donors (Lipinski definition) is 2. The summed E-state index contributed by atoms with van der Waals surface area (Å²) in [4.78, 5) is 4.24. The Balaban J connectivity index is 1.64. The van der Waals surface area contributed by atoms with Crippen LogP contribution < -0.4 is 10.6 Å². The Morgan fingerprint density at radius 3 is 2.81 bits per heavy atom. The molecule has 1 aliphatic rings. The van der Waals surface area contributed by atoms with E-state index in [0.717, 1.165) is 23.4 Å². The zero-order valence-electron chi connectivity index (χ0n) is 12.3. The second-order valence-electron chi connectivity index (χ2n) is 5.34. The normalized spacial score (nSPS) is 21.1. The van der Waals surface area contributed by atoms with Gasteiger partial charge >= 0.3 is 0 Å². The van der Waals surface area contributed by atoms with E-state index in [0.29, 0.717) is 12.6 Å². The minimum Gasteiger partial charge on any atom is -0.353 e. The van der Waals surface area contributed by atoms with Gasteiger partial charge in [0.05, 0.1) is 6.54 Å². The fraction of sp³-hybridized carbons (Fsp3) is 0.400. The highest BCUT2D eigenvalue weighted by Crippen LogP contribution is 2.28. The fourth-order valence-electron chi connectivity index (χ4n) is 2.24. The van der Waals surface area contributed by atoms with Crippen LogP contribution in [0.2, 0.25) is 0 Å². The molecular weight excluding hydrogens is 264 g/mol. The molecule has 2 atom stereocenters. The Kier molecular flexibility index (Phi) is 3.85. The summed E-state index contributed by atoms with van der Waals surface area (Å²) in [7, 11) is 1.78. The molecule has 0 saturated heterocycles. The maximum absolute atomic E-state index is 4.24. The average Bonchev–Trinajstić information content (AvgIpc) is 3.02. The molecular formula is C15H20N6. The van der Waals surface area contributed by atoms with Crippen molar-refractivity contribution in [2.75, 3.05) is 7.05 Å². The summed E-state index contributed by atoms with van der Waals surface area (Å²) in [6, 6.07) is 10.6. The second kappa shape index (κ2) is 5.95. The molecule has 1 saturated carbocycles. The number of aromatic nitrogens is 3. The lowest BCUT2D eigenvalue weighted by Crippen LogP contribution is -2.39. The van der Waals surface area contributed by atoms with E-state index in [-0.39, 0.29) is 0 Å². The Bertz CT molecular complexity index is 618. The van der Waals surface area contributed by atoms with Crippen LogP contribution in [0.1, 0.15) is 19.2 Å². The van der Waals surface area contributed by atoms with Crippen molar-refractivity contribution in [2.24, 2.45) is 10.9 Å². The summed E-state index contributed by atoms with van der Waals surface area (Å²) >= 11 is 0. The third-order valence-electron chi connectivity index (χ3n) is 3.72. The molecule has 1 aliphatic carbocycles. The van der Waals surface area contributed by atoms with Crippen LogP contribution in [0, 0.1) is 5.92 Å². The first kappa shape index (κ1) is 13.6. The maximum atomic E-state index is 4.24. The number of nitrogens with one attached hydrogen (secondary N) is 2. The standard InChI is InChI=1S/C15H20N6/c1-11-8-13(11)19-15(16-2)17-9-14-20-18-10-21(14)12-6-4-3-5-7-12/h3-7,10-11,13H,8-9H2,1-2H3,(H2,16,17,19). The van der Waals surface area contributed by atoms with Crippen molar-refractivity contribution in [1.82, 2.24) is 25.4 Å². The van der Waals surface area contributed by atoms with Crippen LogP contribution in [0.25, 0.3) is 5.69 Å². The van der Waals surface area contributed by atoms with Crippen LogP contribution >= 0.6 is 0 Å². The topological polar surface area (TPSA) is 67.1 Å². The van der Waals surface area contributed by atoms with E-state index in [4.69, 9.17) is 0 Å². The third kappa shape index (κ3) is 3.21. The van der Waals surface area contributed by atoms with Crippen LogP contribution in [-0.2, 0) is 6.54 Å². The van der Waals surface area contributed by atoms with Crippen molar-refractivity contribution in [2.45, 2.75) is 25.9 Å². The predicted octanol–water partition coefficient (Wildman–Crippen LogP) is 1.34. The lowest BCUT2D eigenvalue weighted by molar-refractivity contribution is 0.734. The molecule has 2 aromatic rings. The summed E-state index contributed by atoms with van der Waals surface area (Å²) in [5, 5.41) is 14.9. The van der Waals surface area contributed by atoms with E-state index in [1.54, 1.807) is 13.4 Å². The smallest absolute Gasteiger partial charge is 0.191 e. The van der Waals surface area contributed by atoms with Crippen molar-refractivity contribution < 1.29 is 0 Å². The first-order valence-corrected chi connectivity index (χ1v) is 7.19. The molecule has 2 unspecified atom stereocenters. The molecule has 110 valence electrons. The zero-order chi connectivity index (χ0) is 14.7. The van der Waals surface area contributed by atoms with Gasteiger partial charge in [-0.05, 0) is 24.5 Å². The van der Waals surface area contributed by atoms with Gasteiger partial charge in [0.1, 0.15) is 6.33 Å². The number of para-hydroxylation sites is 1. The summed E-state index contributed by atoms with van der Waals surface area (Å²) in [5.41, 5.74) is 1.05. The van der Waals surface area contributed by atoms with E-state index in [9.17, 15) is 0 Å². The number of hydrogen-bond acceptors (Lipinski definition) is 3. The van der Waals surface area contributed by atoms with Crippen LogP contribution in [0.15, 0.2) is 41.7 Å². The Morgan fingerprint density at radius 2 is 2.14 bits per heavy atom. The third-order valence-corrected chi connectivity index (χ3v) is 3.72. The predicted molar refractivity (Wildman–Crippen MR) is 82.3 cm³/mol. The molecule has 0 spiro atoms.